The van der Waals surface area contributed by atoms with E-state index in [4.69, 9.17) is 19.4 Å². The molecule has 6 atom stereocenters. The van der Waals surface area contributed by atoms with Crippen LogP contribution < -0.4 is 30.7 Å². The number of rotatable bonds is 11. The molecule has 1 unspecified atom stereocenters. The number of carbonyl (C=O) groups is 4. The lowest BCUT2D eigenvalue weighted by atomic mass is 9.86. The quantitative estimate of drug-likeness (QED) is 0.161. The van der Waals surface area contributed by atoms with E-state index in [9.17, 15) is 32.7 Å². The number of allylic oxidation sites excluding steroid dienone is 1. The molecule has 2 aromatic heterocycles. The SMILES string of the molecule is COc1ccc2c(O[C@@H]3C[C@H]4C(=O)N[C@]5(C(=O)O)CC5/C=C\CCCCC[C@@H](NC(=O)N[C@H](CN5CCCN(C)S5(=O)=O)C(C)(C)C)C(=O)N4C3)cc(-c3csc(NC(C)C)n3)nc2c1. The van der Waals surface area contributed by atoms with E-state index < -0.39 is 75.1 Å². The van der Waals surface area contributed by atoms with Gasteiger partial charge in [0.25, 0.3) is 10.2 Å². The molecule has 4 amide bonds. The number of urea groups is 1. The number of carbonyl (C=O) groups excluding carboxylic acids is 3. The van der Waals surface area contributed by atoms with Crippen molar-refractivity contribution in [3.05, 3.63) is 41.8 Å². The molecule has 3 aliphatic heterocycles. The molecule has 354 valence electrons. The third kappa shape index (κ3) is 10.8. The second-order valence-corrected chi connectivity index (χ2v) is 21.9. The highest BCUT2D eigenvalue weighted by Gasteiger charge is 2.61. The Morgan fingerprint density at radius 1 is 1.08 bits per heavy atom. The predicted octanol–water partition coefficient (Wildman–Crippen LogP) is 4.98. The molecular weight excluding hydrogens is 875 g/mol. The number of hydrogen-bond donors (Lipinski definition) is 5. The summed E-state index contributed by atoms with van der Waals surface area (Å²) in [6.45, 7) is 10.5. The van der Waals surface area contributed by atoms with E-state index in [0.717, 1.165) is 18.0 Å². The molecule has 4 aliphatic rings. The molecule has 7 rings (SSSR count). The van der Waals surface area contributed by atoms with Gasteiger partial charge in [-0.1, -0.05) is 45.8 Å². The molecule has 20 heteroatoms. The van der Waals surface area contributed by atoms with Crippen LogP contribution in [0.4, 0.5) is 9.93 Å². The summed E-state index contributed by atoms with van der Waals surface area (Å²) in [4.78, 5) is 67.2. The first-order valence-corrected chi connectivity index (χ1v) is 24.8. The van der Waals surface area contributed by atoms with E-state index in [0.29, 0.717) is 66.1 Å². The van der Waals surface area contributed by atoms with E-state index in [1.807, 2.05) is 58.2 Å². The number of carboxylic acids is 1. The molecule has 0 radical (unpaired) electrons. The van der Waals surface area contributed by atoms with Crippen molar-refractivity contribution < 1.29 is 42.2 Å². The Kier molecular flexibility index (Phi) is 14.3. The van der Waals surface area contributed by atoms with Gasteiger partial charge in [-0.25, -0.2) is 19.6 Å². The Hall–Kier alpha value is -5.05. The van der Waals surface area contributed by atoms with E-state index in [1.165, 1.54) is 31.9 Å². The molecular formula is C45H63N9O9S2. The number of benzene rings is 1. The number of thiazole rings is 1. The van der Waals surface area contributed by atoms with Crippen molar-refractivity contribution in [2.45, 2.75) is 122 Å². The number of ether oxygens (including phenoxy) is 2. The van der Waals surface area contributed by atoms with E-state index in [2.05, 4.69) is 21.3 Å². The normalized spacial score (nSPS) is 26.5. The smallest absolute Gasteiger partial charge is 0.330 e. The number of nitrogens with zero attached hydrogens (tertiary/aromatic N) is 5. The van der Waals surface area contributed by atoms with Gasteiger partial charge in [0, 0.05) is 74.0 Å². The zero-order valence-electron chi connectivity index (χ0n) is 38.3. The first kappa shape index (κ1) is 47.9. The lowest BCUT2D eigenvalue weighted by Gasteiger charge is -2.39. The summed E-state index contributed by atoms with van der Waals surface area (Å²) in [5.41, 5.74) is -0.334. The highest BCUT2D eigenvalue weighted by atomic mass is 32.2. The van der Waals surface area contributed by atoms with Crippen LogP contribution in [0.1, 0.15) is 86.0 Å². The van der Waals surface area contributed by atoms with E-state index in [-0.39, 0.29) is 38.4 Å². The summed E-state index contributed by atoms with van der Waals surface area (Å²) in [7, 11) is -0.617. The summed E-state index contributed by atoms with van der Waals surface area (Å²) in [6.07, 6.45) is 7.03. The molecule has 1 saturated carbocycles. The number of amides is 4. The van der Waals surface area contributed by atoms with Gasteiger partial charge in [-0.15, -0.1) is 11.3 Å². The number of carboxylic acid groups (broad SMARTS) is 1. The molecule has 1 aromatic carbocycles. The van der Waals surface area contributed by atoms with Gasteiger partial charge < -0.3 is 40.7 Å². The minimum absolute atomic E-state index is 0.0337. The monoisotopic (exact) mass is 937 g/mol. The minimum Gasteiger partial charge on any atom is -0.497 e. The summed E-state index contributed by atoms with van der Waals surface area (Å²) in [5.74, 6) is -1.66. The van der Waals surface area contributed by atoms with E-state index >= 15 is 0 Å². The van der Waals surface area contributed by atoms with Crippen LogP contribution >= 0.6 is 11.3 Å². The van der Waals surface area contributed by atoms with Gasteiger partial charge in [-0.05, 0) is 63.5 Å². The standard InChI is InChI=1S/C45H63N9O9S2/c1-27(2)46-43-49-35(26-64-43)34-22-37(31-17-16-29(62-7)20-33(31)47-34)63-30-21-36-39(55)51-45(41(57)58)23-28(45)14-11-9-8-10-12-15-32(40(56)54(36)24-30)48-42(59)50-38(44(3,4)5)25-53-19-13-18-52(6)65(53,60)61/h11,14,16-17,20,22,26-28,30,32,36,38H,8-10,12-13,15,18-19,21,23-25H2,1-7H3,(H,46,49)(H,51,55)(H,57,58)(H2,48,50,59)/b14-11-/t28?,30-,32-,36+,38-,45-/m1/s1. The molecule has 1 aliphatic carbocycles. The average molecular weight is 938 g/mol. The van der Waals surface area contributed by atoms with Crippen molar-refractivity contribution in [2.24, 2.45) is 11.3 Å². The van der Waals surface area contributed by atoms with Crippen molar-refractivity contribution in [1.29, 1.82) is 0 Å². The summed E-state index contributed by atoms with van der Waals surface area (Å²) >= 11 is 1.45. The zero-order chi connectivity index (χ0) is 46.8. The summed E-state index contributed by atoms with van der Waals surface area (Å²) in [5, 5.41) is 25.7. The lowest BCUT2D eigenvalue weighted by molar-refractivity contribution is -0.145. The minimum atomic E-state index is -3.72. The number of pyridine rings is 1. The van der Waals surface area contributed by atoms with Crippen LogP contribution in [-0.2, 0) is 24.6 Å². The lowest BCUT2D eigenvalue weighted by Crippen LogP contribution is -2.60. The van der Waals surface area contributed by atoms with Gasteiger partial charge >= 0.3 is 12.0 Å². The molecule has 65 heavy (non-hydrogen) atoms. The number of fused-ring (bicyclic) bond motifs is 3. The Balaban J connectivity index is 1.19. The maximum Gasteiger partial charge on any atom is 0.330 e. The van der Waals surface area contributed by atoms with Gasteiger partial charge in [0.1, 0.15) is 40.9 Å². The van der Waals surface area contributed by atoms with Crippen LogP contribution in [0.5, 0.6) is 11.5 Å². The van der Waals surface area contributed by atoms with Crippen LogP contribution in [0.3, 0.4) is 0 Å². The van der Waals surface area contributed by atoms with Gasteiger partial charge in [0.15, 0.2) is 5.13 Å². The third-order valence-corrected chi connectivity index (χ3v) is 15.4. The molecule has 2 saturated heterocycles. The fourth-order valence-corrected chi connectivity index (χ4v) is 11.0. The van der Waals surface area contributed by atoms with Gasteiger partial charge in [-0.2, -0.15) is 17.0 Å². The Bertz CT molecular complexity index is 2400. The van der Waals surface area contributed by atoms with Crippen molar-refractivity contribution >= 4 is 61.4 Å². The van der Waals surface area contributed by atoms with Gasteiger partial charge in [0.2, 0.25) is 11.8 Å². The van der Waals surface area contributed by atoms with Crippen molar-refractivity contribution in [3.8, 4) is 22.9 Å². The van der Waals surface area contributed by atoms with Crippen LogP contribution in [0.15, 0.2) is 41.8 Å². The van der Waals surface area contributed by atoms with Crippen molar-refractivity contribution in [3.63, 3.8) is 0 Å². The molecule has 3 aromatic rings. The van der Waals surface area contributed by atoms with Crippen molar-refractivity contribution in [1.82, 2.24) is 39.4 Å². The molecule has 5 heterocycles. The molecule has 0 spiro atoms. The van der Waals surface area contributed by atoms with Crippen LogP contribution in [-0.4, -0.2) is 137 Å². The Morgan fingerprint density at radius 3 is 2.58 bits per heavy atom. The summed E-state index contributed by atoms with van der Waals surface area (Å²) < 4.78 is 41.4. The van der Waals surface area contributed by atoms with Crippen LogP contribution in [0, 0.1) is 11.3 Å². The maximum absolute atomic E-state index is 15.0. The topological polar surface area (TPSA) is 225 Å². The Morgan fingerprint density at radius 2 is 1.86 bits per heavy atom. The average Bonchev–Trinajstić information content (AvgIpc) is 3.51. The first-order valence-electron chi connectivity index (χ1n) is 22.5. The number of aromatic nitrogens is 2. The Labute approximate surface area is 385 Å². The number of hydrogen-bond acceptors (Lipinski definition) is 12. The van der Waals surface area contributed by atoms with Crippen LogP contribution in [0.25, 0.3) is 22.3 Å². The first-order chi connectivity index (χ1) is 30.8. The second kappa shape index (κ2) is 19.4. The number of methoxy groups -OCH3 is 1. The predicted molar refractivity (Wildman–Crippen MR) is 248 cm³/mol. The number of nitrogens with one attached hydrogen (secondary N) is 4. The molecule has 0 bridgehead atoms. The molecule has 3 fully saturated rings. The number of anilines is 1. The fourth-order valence-electron chi connectivity index (χ4n) is 8.74. The molecule has 18 nitrogen and oxygen atoms in total. The highest BCUT2D eigenvalue weighted by molar-refractivity contribution is 7.86. The highest BCUT2D eigenvalue weighted by Crippen LogP contribution is 2.46. The van der Waals surface area contributed by atoms with Gasteiger partial charge in [-0.3, -0.25) is 9.59 Å². The van der Waals surface area contributed by atoms with Crippen molar-refractivity contribution in [2.75, 3.05) is 45.7 Å². The fraction of sp³-hybridized carbons (Fsp3) is 0.600. The number of aliphatic carboxylic acids is 1. The zero-order valence-corrected chi connectivity index (χ0v) is 39.9. The summed E-state index contributed by atoms with van der Waals surface area (Å²) in [6, 6.07) is 3.89. The second-order valence-electron chi connectivity index (χ2n) is 19.0. The van der Waals surface area contributed by atoms with E-state index in [1.54, 1.807) is 25.3 Å². The third-order valence-electron chi connectivity index (χ3n) is 12.7. The maximum atomic E-state index is 15.0. The van der Waals surface area contributed by atoms with Gasteiger partial charge in [0.05, 0.1) is 24.9 Å². The largest absolute Gasteiger partial charge is 0.497 e. The molecule has 5 N–H and O–H groups in total. The van der Waals surface area contributed by atoms with Crippen LogP contribution in [0.2, 0.25) is 0 Å².